The lowest BCUT2D eigenvalue weighted by Gasteiger charge is -2.22. The van der Waals surface area contributed by atoms with E-state index >= 15 is 0 Å². The lowest BCUT2D eigenvalue weighted by Crippen LogP contribution is -2.36. The van der Waals surface area contributed by atoms with Crippen molar-refractivity contribution in [3.8, 4) is 11.5 Å². The number of hydrogen-bond donors (Lipinski definition) is 2. The Morgan fingerprint density at radius 3 is 2.54 bits per heavy atom. The molecule has 0 radical (unpaired) electrons. The quantitative estimate of drug-likeness (QED) is 0.330. The predicted octanol–water partition coefficient (Wildman–Crippen LogP) is 4.19. The van der Waals surface area contributed by atoms with E-state index in [1.165, 1.54) is 6.92 Å². The molecule has 0 saturated carbocycles. The minimum absolute atomic E-state index is 0.238. The van der Waals surface area contributed by atoms with Gasteiger partial charge < -0.3 is 9.47 Å². The highest BCUT2D eigenvalue weighted by Gasteiger charge is 2.17. The molecule has 0 spiro atoms. The molecule has 5 nitrogen and oxygen atoms in total. The molecule has 0 saturated heterocycles. The molecule has 0 unspecified atom stereocenters. The fourth-order valence-electron chi connectivity index (χ4n) is 2.52. The molecule has 2 aromatic rings. The average Bonchev–Trinajstić information content (AvgIpc) is 2.61. The van der Waals surface area contributed by atoms with Crippen LogP contribution in [0.3, 0.4) is 0 Å². The van der Waals surface area contributed by atoms with Gasteiger partial charge in [-0.15, -0.1) is 12.6 Å². The third kappa shape index (κ3) is 4.71. The summed E-state index contributed by atoms with van der Waals surface area (Å²) in [5.74, 6) is 7.12. The second-order valence-corrected chi connectivity index (χ2v) is 6.67. The van der Waals surface area contributed by atoms with Crippen LogP contribution in [0.4, 0.5) is 5.69 Å². The maximum absolute atomic E-state index is 11.7. The molecule has 0 atom stereocenters. The Balaban J connectivity index is 2.36. The molecular formula is C20H26N2O3S. The van der Waals surface area contributed by atoms with Crippen LogP contribution in [0.15, 0.2) is 35.2 Å². The molecule has 2 aromatic carbocycles. The summed E-state index contributed by atoms with van der Waals surface area (Å²) < 4.78 is 11.9. The number of nitrogens with zero attached hydrogens (tertiary/aromatic N) is 1. The van der Waals surface area contributed by atoms with Crippen molar-refractivity contribution in [3.63, 3.8) is 0 Å². The molecule has 2 N–H and O–H groups in total. The zero-order valence-corrected chi connectivity index (χ0v) is 16.6. The van der Waals surface area contributed by atoms with Gasteiger partial charge in [0.25, 0.3) is 0 Å². The lowest BCUT2D eigenvalue weighted by molar-refractivity contribution is -0.116. The van der Waals surface area contributed by atoms with Gasteiger partial charge in [0, 0.05) is 11.8 Å². The molecule has 0 fully saturated rings. The maximum Gasteiger partial charge on any atom is 0.238 e. The lowest BCUT2D eigenvalue weighted by atomic mass is 10.1. The number of anilines is 1. The van der Waals surface area contributed by atoms with E-state index in [4.69, 9.17) is 15.3 Å². The fourth-order valence-corrected chi connectivity index (χ4v) is 2.78. The molecule has 0 heterocycles. The van der Waals surface area contributed by atoms with E-state index in [9.17, 15) is 4.79 Å². The summed E-state index contributed by atoms with van der Waals surface area (Å²) >= 11 is 4.44. The van der Waals surface area contributed by atoms with Crippen LogP contribution in [0.5, 0.6) is 11.5 Å². The van der Waals surface area contributed by atoms with Gasteiger partial charge in [-0.1, -0.05) is 13.0 Å². The van der Waals surface area contributed by atoms with Gasteiger partial charge in [-0.25, -0.2) is 10.9 Å². The van der Waals surface area contributed by atoms with Crippen molar-refractivity contribution in [2.24, 2.45) is 5.84 Å². The minimum Gasteiger partial charge on any atom is -0.493 e. The largest absolute Gasteiger partial charge is 0.493 e. The van der Waals surface area contributed by atoms with E-state index in [2.05, 4.69) is 12.6 Å². The van der Waals surface area contributed by atoms with Gasteiger partial charge in [-0.2, -0.15) is 0 Å². The Bertz CT molecular complexity index is 793. The Hall–Kier alpha value is -2.18. The second-order valence-electron chi connectivity index (χ2n) is 6.18. The minimum atomic E-state index is -0.259. The van der Waals surface area contributed by atoms with Crippen LogP contribution in [0.2, 0.25) is 0 Å². The van der Waals surface area contributed by atoms with E-state index in [0.717, 1.165) is 38.8 Å². The number of amides is 1. The number of hydrogen-bond acceptors (Lipinski definition) is 5. The molecule has 2 rings (SSSR count). The van der Waals surface area contributed by atoms with Gasteiger partial charge in [0.05, 0.1) is 17.9 Å². The van der Waals surface area contributed by atoms with Crippen LogP contribution in [0.25, 0.3) is 0 Å². The maximum atomic E-state index is 11.7. The molecule has 0 bridgehead atoms. The molecule has 0 aliphatic carbocycles. The summed E-state index contributed by atoms with van der Waals surface area (Å²) in [6.45, 7) is 8.23. The van der Waals surface area contributed by atoms with Gasteiger partial charge in [-0.3, -0.25) is 4.79 Å². The molecule has 26 heavy (non-hydrogen) atoms. The number of nitrogens with two attached hydrogens (primary N) is 1. The Labute approximate surface area is 160 Å². The molecular weight excluding hydrogens is 348 g/mol. The van der Waals surface area contributed by atoms with E-state index in [-0.39, 0.29) is 12.5 Å². The Morgan fingerprint density at radius 2 is 1.88 bits per heavy atom. The molecule has 0 aliphatic rings. The van der Waals surface area contributed by atoms with Gasteiger partial charge >= 0.3 is 0 Å². The zero-order chi connectivity index (χ0) is 19.3. The fraction of sp³-hybridized carbons (Fsp3) is 0.350. The van der Waals surface area contributed by atoms with Crippen molar-refractivity contribution < 1.29 is 14.3 Å². The third-order valence-electron chi connectivity index (χ3n) is 4.03. The number of aryl methyl sites for hydroxylation is 2. The first kappa shape index (κ1) is 20.1. The normalized spacial score (nSPS) is 10.5. The van der Waals surface area contributed by atoms with Crippen LogP contribution in [-0.2, 0) is 11.4 Å². The highest BCUT2D eigenvalue weighted by Crippen LogP contribution is 2.32. The van der Waals surface area contributed by atoms with E-state index in [0.29, 0.717) is 18.0 Å². The van der Waals surface area contributed by atoms with Gasteiger partial charge in [-0.05, 0) is 55.7 Å². The smallest absolute Gasteiger partial charge is 0.238 e. The summed E-state index contributed by atoms with van der Waals surface area (Å²) in [5.41, 5.74) is 3.34. The second kappa shape index (κ2) is 8.96. The molecule has 1 amide bonds. The van der Waals surface area contributed by atoms with Crippen molar-refractivity contribution in [1.82, 2.24) is 0 Å². The highest BCUT2D eigenvalue weighted by molar-refractivity contribution is 7.80. The first-order chi connectivity index (χ1) is 12.3. The van der Waals surface area contributed by atoms with Crippen LogP contribution in [0.1, 0.15) is 37.0 Å². The number of benzene rings is 2. The van der Waals surface area contributed by atoms with Crippen LogP contribution < -0.4 is 20.3 Å². The van der Waals surface area contributed by atoms with E-state index in [1.54, 1.807) is 6.07 Å². The topological polar surface area (TPSA) is 64.8 Å². The third-order valence-corrected chi connectivity index (χ3v) is 4.52. The Kier molecular flexibility index (Phi) is 6.94. The van der Waals surface area contributed by atoms with Gasteiger partial charge in [0.2, 0.25) is 5.91 Å². The van der Waals surface area contributed by atoms with E-state index in [1.807, 2.05) is 45.0 Å². The SMILES string of the molecule is CCCOc1cccc(N(N)C(C)=O)c1COc1cc(C)c(S)cc1C. The summed E-state index contributed by atoms with van der Waals surface area (Å²) in [5, 5.41) is 1.12. The number of carbonyl (C=O) groups is 1. The standard InChI is InChI=1S/C20H26N2O3S/c1-5-9-24-18-8-6-7-17(22(21)15(4)23)16(18)12-25-19-10-14(3)20(26)11-13(19)2/h6-8,10-11,26H,5,9,12,21H2,1-4H3. The number of hydrazine groups is 1. The van der Waals surface area contributed by atoms with Crippen LogP contribution in [0, 0.1) is 13.8 Å². The Morgan fingerprint density at radius 1 is 1.15 bits per heavy atom. The van der Waals surface area contributed by atoms with Crippen molar-refractivity contribution in [2.75, 3.05) is 11.6 Å². The summed E-state index contributed by atoms with van der Waals surface area (Å²) in [6.07, 6.45) is 0.880. The van der Waals surface area contributed by atoms with Crippen LogP contribution >= 0.6 is 12.6 Å². The number of rotatable bonds is 7. The average molecular weight is 375 g/mol. The number of carbonyl (C=O) groups excluding carboxylic acids is 1. The van der Waals surface area contributed by atoms with Crippen molar-refractivity contribution in [3.05, 3.63) is 47.0 Å². The number of thiol groups is 1. The summed E-state index contributed by atoms with van der Waals surface area (Å²) in [4.78, 5) is 12.7. The summed E-state index contributed by atoms with van der Waals surface area (Å²) in [7, 11) is 0. The first-order valence-electron chi connectivity index (χ1n) is 8.58. The van der Waals surface area contributed by atoms with Crippen molar-refractivity contribution >= 4 is 24.2 Å². The number of ether oxygens (including phenoxy) is 2. The van der Waals surface area contributed by atoms with Crippen molar-refractivity contribution in [2.45, 2.75) is 45.6 Å². The molecule has 140 valence electrons. The monoisotopic (exact) mass is 374 g/mol. The van der Waals surface area contributed by atoms with E-state index < -0.39 is 0 Å². The zero-order valence-electron chi connectivity index (χ0n) is 15.7. The van der Waals surface area contributed by atoms with Crippen molar-refractivity contribution in [1.29, 1.82) is 0 Å². The predicted molar refractivity (Wildman–Crippen MR) is 107 cm³/mol. The molecule has 6 heteroatoms. The van der Waals surface area contributed by atoms with Crippen LogP contribution in [-0.4, -0.2) is 12.5 Å². The summed E-state index contributed by atoms with van der Waals surface area (Å²) in [6, 6.07) is 9.39. The van der Waals surface area contributed by atoms with Gasteiger partial charge in [0.15, 0.2) is 0 Å². The molecule has 0 aliphatic heterocycles. The van der Waals surface area contributed by atoms with Gasteiger partial charge in [0.1, 0.15) is 18.1 Å². The highest BCUT2D eigenvalue weighted by atomic mass is 32.1. The molecule has 0 aromatic heterocycles. The first-order valence-corrected chi connectivity index (χ1v) is 9.03.